The van der Waals surface area contributed by atoms with Gasteiger partial charge in [-0.3, -0.25) is 0 Å². The van der Waals surface area contributed by atoms with Crippen molar-refractivity contribution in [1.82, 2.24) is 5.32 Å². The number of ether oxygens (including phenoxy) is 1. The molecule has 2 amide bonds. The SMILES string of the molecule is CC(C)S(=O)(=O)Cc1ccc(NC(=O)NCC2CCCO2)cc1. The molecule has 1 unspecified atom stereocenters. The Morgan fingerprint density at radius 3 is 2.57 bits per heavy atom. The highest BCUT2D eigenvalue weighted by Gasteiger charge is 2.17. The molecule has 0 aliphatic carbocycles. The maximum Gasteiger partial charge on any atom is 0.319 e. The van der Waals surface area contributed by atoms with E-state index >= 15 is 0 Å². The number of hydrogen-bond acceptors (Lipinski definition) is 4. The first-order valence-electron chi connectivity index (χ1n) is 7.84. The normalized spacial score (nSPS) is 18.1. The molecule has 0 aromatic heterocycles. The van der Waals surface area contributed by atoms with Gasteiger partial charge in [-0.25, -0.2) is 13.2 Å². The largest absolute Gasteiger partial charge is 0.376 e. The molecule has 1 saturated heterocycles. The molecule has 1 heterocycles. The molecule has 1 aliphatic rings. The van der Waals surface area contributed by atoms with Gasteiger partial charge < -0.3 is 15.4 Å². The lowest BCUT2D eigenvalue weighted by Gasteiger charge is -2.12. The van der Waals surface area contributed by atoms with Gasteiger partial charge in [0.25, 0.3) is 0 Å². The summed E-state index contributed by atoms with van der Waals surface area (Å²) in [5.41, 5.74) is 1.34. The van der Waals surface area contributed by atoms with Crippen LogP contribution in [0, 0.1) is 0 Å². The van der Waals surface area contributed by atoms with Crippen molar-refractivity contribution < 1.29 is 17.9 Å². The van der Waals surface area contributed by atoms with E-state index in [1.165, 1.54) is 0 Å². The van der Waals surface area contributed by atoms with E-state index in [1.54, 1.807) is 38.1 Å². The van der Waals surface area contributed by atoms with Crippen molar-refractivity contribution in [1.29, 1.82) is 0 Å². The summed E-state index contributed by atoms with van der Waals surface area (Å²) >= 11 is 0. The highest BCUT2D eigenvalue weighted by Crippen LogP contribution is 2.15. The van der Waals surface area contributed by atoms with Crippen molar-refractivity contribution in [3.8, 4) is 0 Å². The molecule has 0 spiro atoms. The van der Waals surface area contributed by atoms with Crippen LogP contribution >= 0.6 is 0 Å². The smallest absolute Gasteiger partial charge is 0.319 e. The van der Waals surface area contributed by atoms with Gasteiger partial charge in [0, 0.05) is 18.8 Å². The Balaban J connectivity index is 1.83. The number of rotatable bonds is 6. The molecule has 0 radical (unpaired) electrons. The second kappa shape index (κ2) is 7.79. The number of benzene rings is 1. The molecule has 128 valence electrons. The van der Waals surface area contributed by atoms with Gasteiger partial charge in [0.2, 0.25) is 0 Å². The van der Waals surface area contributed by atoms with Gasteiger partial charge in [0.1, 0.15) is 0 Å². The standard InChI is InChI=1S/C16H24N2O4S/c1-12(2)23(20,21)11-13-5-7-14(8-6-13)18-16(19)17-10-15-4-3-9-22-15/h5-8,12,15H,3-4,9-11H2,1-2H3,(H2,17,18,19). The van der Waals surface area contributed by atoms with Crippen molar-refractivity contribution in [3.63, 3.8) is 0 Å². The summed E-state index contributed by atoms with van der Waals surface area (Å²) in [5.74, 6) is 0.0101. The lowest BCUT2D eigenvalue weighted by molar-refractivity contribution is 0.112. The molecule has 1 aromatic carbocycles. The molecule has 23 heavy (non-hydrogen) atoms. The van der Waals surface area contributed by atoms with Crippen LogP contribution in [-0.2, 0) is 20.3 Å². The summed E-state index contributed by atoms with van der Waals surface area (Å²) in [5, 5.41) is 5.09. The minimum Gasteiger partial charge on any atom is -0.376 e. The number of amides is 2. The summed E-state index contributed by atoms with van der Waals surface area (Å²) in [4.78, 5) is 11.8. The third-order valence-electron chi connectivity index (χ3n) is 3.81. The minimum atomic E-state index is -3.12. The van der Waals surface area contributed by atoms with Gasteiger partial charge in [0.15, 0.2) is 9.84 Å². The van der Waals surface area contributed by atoms with Crippen molar-refractivity contribution in [2.45, 2.75) is 43.8 Å². The number of carbonyl (C=O) groups excluding carboxylic acids is 1. The Morgan fingerprint density at radius 1 is 1.30 bits per heavy atom. The predicted molar refractivity (Wildman–Crippen MR) is 90.2 cm³/mol. The molecule has 2 rings (SSSR count). The quantitative estimate of drug-likeness (QED) is 0.832. The van der Waals surface area contributed by atoms with E-state index in [1.807, 2.05) is 0 Å². The number of anilines is 1. The summed E-state index contributed by atoms with van der Waals surface area (Å²) < 4.78 is 29.2. The van der Waals surface area contributed by atoms with Crippen molar-refractivity contribution in [2.75, 3.05) is 18.5 Å². The molecule has 1 fully saturated rings. The highest BCUT2D eigenvalue weighted by molar-refractivity contribution is 7.91. The first kappa shape index (κ1) is 17.7. The number of carbonyl (C=O) groups is 1. The Kier molecular flexibility index (Phi) is 6.01. The molecule has 1 atom stereocenters. The van der Waals surface area contributed by atoms with E-state index in [0.29, 0.717) is 17.8 Å². The molecule has 7 heteroatoms. The van der Waals surface area contributed by atoms with E-state index in [-0.39, 0.29) is 17.9 Å². The van der Waals surface area contributed by atoms with Gasteiger partial charge in [0.05, 0.1) is 17.1 Å². The first-order chi connectivity index (χ1) is 10.9. The molecular weight excluding hydrogens is 316 g/mol. The van der Waals surface area contributed by atoms with Gasteiger partial charge in [-0.2, -0.15) is 0 Å². The molecule has 0 bridgehead atoms. The van der Waals surface area contributed by atoms with E-state index in [0.717, 1.165) is 19.4 Å². The zero-order chi connectivity index (χ0) is 16.9. The monoisotopic (exact) mass is 340 g/mol. The molecule has 1 aliphatic heterocycles. The Bertz CT molecular complexity index is 620. The maximum atomic E-state index is 11.9. The van der Waals surface area contributed by atoms with Crippen molar-refractivity contribution >= 4 is 21.6 Å². The van der Waals surface area contributed by atoms with Crippen LogP contribution in [0.15, 0.2) is 24.3 Å². The zero-order valence-corrected chi connectivity index (χ0v) is 14.4. The topological polar surface area (TPSA) is 84.5 Å². The van der Waals surface area contributed by atoms with E-state index in [4.69, 9.17) is 4.74 Å². The summed E-state index contributed by atoms with van der Waals surface area (Å²) in [7, 11) is -3.12. The zero-order valence-electron chi connectivity index (χ0n) is 13.5. The Labute approximate surface area is 137 Å². The van der Waals surface area contributed by atoms with Crippen LogP contribution in [0.2, 0.25) is 0 Å². The summed E-state index contributed by atoms with van der Waals surface area (Å²) in [6.45, 7) is 4.60. The molecule has 6 nitrogen and oxygen atoms in total. The number of nitrogens with one attached hydrogen (secondary N) is 2. The lowest BCUT2D eigenvalue weighted by Crippen LogP contribution is -2.35. The van der Waals surface area contributed by atoms with Gasteiger partial charge >= 0.3 is 6.03 Å². The fraction of sp³-hybridized carbons (Fsp3) is 0.562. The number of urea groups is 1. The van der Waals surface area contributed by atoms with E-state index in [9.17, 15) is 13.2 Å². The average molecular weight is 340 g/mol. The Morgan fingerprint density at radius 2 is 2.00 bits per heavy atom. The highest BCUT2D eigenvalue weighted by atomic mass is 32.2. The average Bonchev–Trinajstić information content (AvgIpc) is 3.00. The lowest BCUT2D eigenvalue weighted by atomic mass is 10.2. The van der Waals surface area contributed by atoms with E-state index < -0.39 is 15.1 Å². The third-order valence-corrected chi connectivity index (χ3v) is 5.98. The molecule has 2 N–H and O–H groups in total. The number of hydrogen-bond donors (Lipinski definition) is 2. The fourth-order valence-corrected chi connectivity index (χ4v) is 3.26. The minimum absolute atomic E-state index is 0.0101. The van der Waals surface area contributed by atoms with Crippen LogP contribution in [0.1, 0.15) is 32.3 Å². The molecule has 0 saturated carbocycles. The van der Waals surface area contributed by atoms with Crippen LogP contribution in [-0.4, -0.2) is 39.0 Å². The van der Waals surface area contributed by atoms with E-state index in [2.05, 4.69) is 10.6 Å². The van der Waals surface area contributed by atoms with Crippen LogP contribution in [0.25, 0.3) is 0 Å². The predicted octanol–water partition coefficient (Wildman–Crippen LogP) is 2.31. The van der Waals surface area contributed by atoms with Crippen LogP contribution in [0.4, 0.5) is 10.5 Å². The van der Waals surface area contributed by atoms with Crippen LogP contribution in [0.5, 0.6) is 0 Å². The second-order valence-electron chi connectivity index (χ2n) is 6.02. The van der Waals surface area contributed by atoms with Crippen LogP contribution in [0.3, 0.4) is 0 Å². The number of sulfone groups is 1. The van der Waals surface area contributed by atoms with Crippen molar-refractivity contribution in [3.05, 3.63) is 29.8 Å². The fourth-order valence-electron chi connectivity index (χ4n) is 2.27. The Hall–Kier alpha value is -1.60. The van der Waals surface area contributed by atoms with Gasteiger partial charge in [-0.05, 0) is 44.4 Å². The molecular formula is C16H24N2O4S. The third kappa shape index (κ3) is 5.51. The second-order valence-corrected chi connectivity index (χ2v) is 8.58. The summed E-state index contributed by atoms with van der Waals surface area (Å²) in [6, 6.07) is 6.56. The maximum absolute atomic E-state index is 11.9. The van der Waals surface area contributed by atoms with Gasteiger partial charge in [-0.1, -0.05) is 12.1 Å². The summed E-state index contributed by atoms with van der Waals surface area (Å²) in [6.07, 6.45) is 2.11. The van der Waals surface area contributed by atoms with Crippen molar-refractivity contribution in [2.24, 2.45) is 0 Å². The van der Waals surface area contributed by atoms with Gasteiger partial charge in [-0.15, -0.1) is 0 Å². The molecule has 1 aromatic rings. The first-order valence-corrected chi connectivity index (χ1v) is 9.55. The van der Waals surface area contributed by atoms with Crippen LogP contribution < -0.4 is 10.6 Å².